The monoisotopic (exact) mass is 485 g/mol. The van der Waals surface area contributed by atoms with Crippen molar-refractivity contribution in [1.29, 1.82) is 0 Å². The average molecular weight is 486 g/mol. The minimum atomic E-state index is -4.02. The molecule has 2 N–H and O–H groups in total. The predicted octanol–water partition coefficient (Wildman–Crippen LogP) is 3.63. The Morgan fingerprint density at radius 1 is 1.21 bits per heavy atom. The second kappa shape index (κ2) is 7.92. The molecule has 0 saturated carbocycles. The molecule has 5 rings (SSSR count). The number of carbonyl (C=O) groups excluding carboxylic acids is 1. The van der Waals surface area contributed by atoms with Gasteiger partial charge in [-0.05, 0) is 63.1 Å². The number of ether oxygens (including phenoxy) is 1. The highest BCUT2D eigenvalue weighted by Gasteiger charge is 2.38. The van der Waals surface area contributed by atoms with Gasteiger partial charge in [-0.2, -0.15) is 8.42 Å². The Bertz CT molecular complexity index is 1340. The van der Waals surface area contributed by atoms with E-state index in [2.05, 4.69) is 10.3 Å². The summed E-state index contributed by atoms with van der Waals surface area (Å²) in [7, 11) is -4.02. The van der Waals surface area contributed by atoms with E-state index >= 15 is 0 Å². The third-order valence-corrected chi connectivity index (χ3v) is 7.82. The molecule has 1 aromatic carbocycles. The van der Waals surface area contributed by atoms with E-state index in [4.69, 9.17) is 4.74 Å². The van der Waals surface area contributed by atoms with Gasteiger partial charge in [0.1, 0.15) is 23.0 Å². The van der Waals surface area contributed by atoms with E-state index in [9.17, 15) is 22.2 Å². The first kappa shape index (κ1) is 22.5. The Morgan fingerprint density at radius 2 is 1.94 bits per heavy atom. The maximum Gasteiger partial charge on any atom is 0.267 e. The molecule has 1 fully saturated rings. The van der Waals surface area contributed by atoms with Crippen molar-refractivity contribution in [3.8, 4) is 0 Å². The fourth-order valence-electron chi connectivity index (χ4n) is 4.72. The number of aromatic nitrogens is 1. The molecule has 0 spiro atoms. The van der Waals surface area contributed by atoms with Crippen LogP contribution in [-0.2, 0) is 19.6 Å². The summed E-state index contributed by atoms with van der Waals surface area (Å²) in [5.74, 6) is 0.312. The first-order valence-corrected chi connectivity index (χ1v) is 12.5. The lowest BCUT2D eigenvalue weighted by Gasteiger charge is -2.31. The van der Waals surface area contributed by atoms with Crippen LogP contribution in [0.15, 0.2) is 48.4 Å². The maximum atomic E-state index is 13.8. The van der Waals surface area contributed by atoms with Crippen LogP contribution in [0.5, 0.6) is 0 Å². The molecule has 0 atom stereocenters. The molecule has 3 aliphatic heterocycles. The van der Waals surface area contributed by atoms with Gasteiger partial charge in [0.05, 0.1) is 10.8 Å². The minimum Gasteiger partial charge on any atom is -0.482 e. The van der Waals surface area contributed by atoms with E-state index in [1.807, 2.05) is 30.9 Å². The molecule has 1 aromatic heterocycles. The van der Waals surface area contributed by atoms with Crippen LogP contribution in [0.2, 0.25) is 0 Å². The summed E-state index contributed by atoms with van der Waals surface area (Å²) < 4.78 is 52.0. The molecule has 0 radical (unpaired) electrons. The van der Waals surface area contributed by atoms with Crippen molar-refractivity contribution in [3.63, 3.8) is 0 Å². The standard InChI is InChI=1S/C24H24FN3O5S/c1-24(2)18(12-20(33-24)22-17-11-15(25)4-5-19(17)27-23(22)29)14-3-6-21(26-13-14)28-9-7-16(8-10-28)34(30,31)32/h3-6,11-13,16H,7-10H2,1-2H3,(H,27,29)(H,30,31,32). The van der Waals surface area contributed by atoms with Crippen molar-refractivity contribution in [2.24, 2.45) is 0 Å². The van der Waals surface area contributed by atoms with Gasteiger partial charge in [0.15, 0.2) is 0 Å². The molecule has 2 aromatic rings. The number of hydrogen-bond acceptors (Lipinski definition) is 6. The lowest BCUT2D eigenvalue weighted by molar-refractivity contribution is -0.111. The van der Waals surface area contributed by atoms with E-state index in [0.29, 0.717) is 54.3 Å². The first-order chi connectivity index (χ1) is 16.0. The number of hydrogen-bond donors (Lipinski definition) is 2. The lowest BCUT2D eigenvalue weighted by atomic mass is 9.93. The molecule has 3 aliphatic rings. The van der Waals surface area contributed by atoms with E-state index in [-0.39, 0.29) is 5.91 Å². The third-order valence-electron chi connectivity index (χ3n) is 6.51. The van der Waals surface area contributed by atoms with E-state index in [1.54, 1.807) is 12.3 Å². The van der Waals surface area contributed by atoms with Crippen LogP contribution in [0.4, 0.5) is 15.9 Å². The van der Waals surface area contributed by atoms with Crippen LogP contribution in [0.25, 0.3) is 11.1 Å². The van der Waals surface area contributed by atoms with E-state index < -0.39 is 26.8 Å². The van der Waals surface area contributed by atoms with Crippen LogP contribution in [-0.4, -0.2) is 47.8 Å². The molecule has 1 amide bonds. The van der Waals surface area contributed by atoms with Crippen molar-refractivity contribution in [2.75, 3.05) is 23.3 Å². The predicted molar refractivity (Wildman–Crippen MR) is 126 cm³/mol. The molecule has 1 saturated heterocycles. The second-order valence-electron chi connectivity index (χ2n) is 9.16. The van der Waals surface area contributed by atoms with Gasteiger partial charge in [-0.15, -0.1) is 0 Å². The average Bonchev–Trinajstić information content (AvgIpc) is 3.27. The molecule has 0 bridgehead atoms. The molecule has 8 nitrogen and oxygen atoms in total. The fraction of sp³-hybridized carbons (Fsp3) is 0.333. The summed E-state index contributed by atoms with van der Waals surface area (Å²) in [4.78, 5) is 19.2. The van der Waals surface area contributed by atoms with Crippen LogP contribution >= 0.6 is 0 Å². The number of amides is 1. The SMILES string of the molecule is CC1(C)OC(=C2C(=O)Nc3ccc(F)cc32)C=C1c1ccc(N2CCC(S(=O)(=O)O)CC2)nc1. The van der Waals surface area contributed by atoms with Gasteiger partial charge in [-0.25, -0.2) is 9.37 Å². The number of anilines is 2. The Labute approximate surface area is 196 Å². The number of pyridine rings is 1. The Hall–Kier alpha value is -3.24. The number of halogens is 1. The van der Waals surface area contributed by atoms with Gasteiger partial charge < -0.3 is 15.0 Å². The van der Waals surface area contributed by atoms with Crippen molar-refractivity contribution < 1.29 is 26.9 Å². The number of carbonyl (C=O) groups is 1. The number of rotatable bonds is 3. The molecular formula is C24H24FN3O5S. The Morgan fingerprint density at radius 3 is 2.59 bits per heavy atom. The van der Waals surface area contributed by atoms with Gasteiger partial charge in [0.25, 0.3) is 16.0 Å². The molecule has 0 unspecified atom stereocenters. The number of fused-ring (bicyclic) bond motifs is 1. The zero-order chi connectivity index (χ0) is 24.3. The molecular weight excluding hydrogens is 461 g/mol. The van der Waals surface area contributed by atoms with Crippen LogP contribution in [0.1, 0.15) is 37.8 Å². The first-order valence-electron chi connectivity index (χ1n) is 11.0. The normalized spacial score (nSPS) is 22.3. The van der Waals surface area contributed by atoms with Gasteiger partial charge >= 0.3 is 0 Å². The minimum absolute atomic E-state index is 0.295. The quantitative estimate of drug-likeness (QED) is 0.505. The topological polar surface area (TPSA) is 109 Å². The molecule has 178 valence electrons. The number of piperidine rings is 1. The summed E-state index contributed by atoms with van der Waals surface area (Å²) in [6.07, 6.45) is 4.20. The summed E-state index contributed by atoms with van der Waals surface area (Å²) in [6.45, 7) is 4.74. The lowest BCUT2D eigenvalue weighted by Crippen LogP contribution is -2.39. The number of benzene rings is 1. The van der Waals surface area contributed by atoms with Gasteiger partial charge in [0, 0.05) is 41.7 Å². The highest BCUT2D eigenvalue weighted by Crippen LogP contribution is 2.44. The Kier molecular flexibility index (Phi) is 5.25. The third kappa shape index (κ3) is 3.97. The van der Waals surface area contributed by atoms with E-state index in [1.165, 1.54) is 18.2 Å². The fourth-order valence-corrected chi connectivity index (χ4v) is 5.52. The zero-order valence-corrected chi connectivity index (χ0v) is 19.5. The van der Waals surface area contributed by atoms with Crippen LogP contribution in [0.3, 0.4) is 0 Å². The van der Waals surface area contributed by atoms with Gasteiger partial charge in [0.2, 0.25) is 0 Å². The van der Waals surface area contributed by atoms with Crippen LogP contribution in [0, 0.1) is 5.82 Å². The van der Waals surface area contributed by atoms with E-state index in [0.717, 1.165) is 11.1 Å². The summed E-state index contributed by atoms with van der Waals surface area (Å²) in [6, 6.07) is 7.91. The summed E-state index contributed by atoms with van der Waals surface area (Å²) in [5.41, 5.74) is 2.21. The van der Waals surface area contributed by atoms with Crippen molar-refractivity contribution in [3.05, 3.63) is 65.3 Å². The van der Waals surface area contributed by atoms with Crippen LogP contribution < -0.4 is 10.2 Å². The zero-order valence-electron chi connectivity index (χ0n) is 18.7. The molecule has 4 heterocycles. The second-order valence-corrected chi connectivity index (χ2v) is 10.9. The maximum absolute atomic E-state index is 13.8. The largest absolute Gasteiger partial charge is 0.482 e. The van der Waals surface area contributed by atoms with Crippen molar-refractivity contribution in [1.82, 2.24) is 4.98 Å². The van der Waals surface area contributed by atoms with Crippen molar-refractivity contribution in [2.45, 2.75) is 37.5 Å². The van der Waals surface area contributed by atoms with Crippen molar-refractivity contribution >= 4 is 38.7 Å². The Balaban J connectivity index is 1.42. The van der Waals surface area contributed by atoms with Gasteiger partial charge in [-0.1, -0.05) is 0 Å². The number of allylic oxidation sites excluding steroid dienone is 1. The highest BCUT2D eigenvalue weighted by molar-refractivity contribution is 7.86. The smallest absolute Gasteiger partial charge is 0.267 e. The highest BCUT2D eigenvalue weighted by atomic mass is 32.2. The summed E-state index contributed by atoms with van der Waals surface area (Å²) in [5, 5.41) is 2.01. The van der Waals surface area contributed by atoms with Gasteiger partial charge in [-0.3, -0.25) is 9.35 Å². The molecule has 0 aliphatic carbocycles. The molecule has 34 heavy (non-hydrogen) atoms. The molecule has 10 heteroatoms. The summed E-state index contributed by atoms with van der Waals surface area (Å²) >= 11 is 0. The number of nitrogens with zero attached hydrogens (tertiary/aromatic N) is 2. The number of nitrogens with one attached hydrogen (secondary N) is 1.